The van der Waals surface area contributed by atoms with Gasteiger partial charge in [0.2, 0.25) is 5.28 Å². The van der Waals surface area contributed by atoms with Crippen LogP contribution in [0.1, 0.15) is 25.1 Å². The van der Waals surface area contributed by atoms with E-state index in [1.54, 1.807) is 4.57 Å². The molecule has 4 nitrogen and oxygen atoms in total. The average molecular weight is 273 g/mol. The molecule has 7 heteroatoms. The number of hydrogen-bond donors (Lipinski definition) is 0. The lowest BCUT2D eigenvalue weighted by atomic mass is 10.2. The van der Waals surface area contributed by atoms with Crippen LogP contribution in [0.15, 0.2) is 6.07 Å². The Morgan fingerprint density at radius 1 is 1.44 bits per heavy atom. The number of hydrogen-bond acceptors (Lipinski definition) is 3. The minimum atomic E-state index is -2.53. The molecule has 0 fully saturated rings. The fourth-order valence-electron chi connectivity index (χ4n) is 2.58. The molecule has 0 spiro atoms. The predicted molar refractivity (Wildman–Crippen MR) is 65.5 cm³/mol. The van der Waals surface area contributed by atoms with E-state index in [1.807, 2.05) is 18.9 Å². The zero-order valence-corrected chi connectivity index (χ0v) is 10.6. The zero-order valence-electron chi connectivity index (χ0n) is 9.86. The lowest BCUT2D eigenvalue weighted by Crippen LogP contribution is -2.32. The second kappa shape index (κ2) is 3.78. The summed E-state index contributed by atoms with van der Waals surface area (Å²) in [5.41, 5.74) is 1.08. The summed E-state index contributed by atoms with van der Waals surface area (Å²) in [6, 6.07) is 1.35. The van der Waals surface area contributed by atoms with Gasteiger partial charge in [-0.25, -0.2) is 13.8 Å². The number of rotatable bonds is 1. The Bertz CT molecular complexity index is 625. The Morgan fingerprint density at radius 3 is 2.83 bits per heavy atom. The summed E-state index contributed by atoms with van der Waals surface area (Å²) in [6.07, 6.45) is -2.53. The molecule has 96 valence electrons. The van der Waals surface area contributed by atoms with Crippen molar-refractivity contribution in [3.63, 3.8) is 0 Å². The summed E-state index contributed by atoms with van der Waals surface area (Å²) in [5.74, 6) is 0.606. The number of halogens is 3. The fourth-order valence-corrected chi connectivity index (χ4v) is 2.75. The van der Waals surface area contributed by atoms with Gasteiger partial charge in [-0.3, -0.25) is 0 Å². The molecule has 3 heterocycles. The first-order valence-corrected chi connectivity index (χ1v) is 5.94. The van der Waals surface area contributed by atoms with Gasteiger partial charge in [0.15, 0.2) is 5.82 Å². The van der Waals surface area contributed by atoms with Crippen molar-refractivity contribution in [1.29, 1.82) is 0 Å². The van der Waals surface area contributed by atoms with E-state index in [4.69, 9.17) is 11.6 Å². The van der Waals surface area contributed by atoms with Crippen molar-refractivity contribution in [2.24, 2.45) is 0 Å². The molecule has 0 radical (unpaired) electrons. The molecule has 3 rings (SSSR count). The summed E-state index contributed by atoms with van der Waals surface area (Å²) in [6.45, 7) is 2.52. The summed E-state index contributed by atoms with van der Waals surface area (Å²) < 4.78 is 27.7. The molecule has 0 amide bonds. The highest BCUT2D eigenvalue weighted by atomic mass is 35.5. The monoisotopic (exact) mass is 272 g/mol. The molecule has 1 atom stereocenters. The quantitative estimate of drug-likeness (QED) is 0.748. The maximum atomic E-state index is 13.1. The van der Waals surface area contributed by atoms with Gasteiger partial charge in [-0.1, -0.05) is 0 Å². The van der Waals surface area contributed by atoms with Crippen LogP contribution in [0.3, 0.4) is 0 Å². The molecule has 0 aromatic carbocycles. The number of nitrogens with zero attached hydrogens (tertiary/aromatic N) is 4. The zero-order chi connectivity index (χ0) is 13.0. The topological polar surface area (TPSA) is 34.0 Å². The van der Waals surface area contributed by atoms with Crippen LogP contribution in [-0.4, -0.2) is 28.1 Å². The summed E-state index contributed by atoms with van der Waals surface area (Å²) in [4.78, 5) is 10.1. The molecule has 1 aliphatic rings. The molecule has 0 unspecified atom stereocenters. The molecular formula is C11H11ClF2N4. The lowest BCUT2D eigenvalue weighted by Gasteiger charge is -2.31. The van der Waals surface area contributed by atoms with Crippen LogP contribution >= 0.6 is 11.6 Å². The van der Waals surface area contributed by atoms with Crippen LogP contribution < -0.4 is 4.90 Å². The van der Waals surface area contributed by atoms with E-state index in [2.05, 4.69) is 9.97 Å². The predicted octanol–water partition coefficient (Wildman–Crippen LogP) is 3.03. The highest BCUT2D eigenvalue weighted by Crippen LogP contribution is 2.38. The van der Waals surface area contributed by atoms with Crippen LogP contribution in [0.5, 0.6) is 0 Å². The van der Waals surface area contributed by atoms with Crippen LogP contribution in [0, 0.1) is 0 Å². The Morgan fingerprint density at radius 2 is 2.17 bits per heavy atom. The summed E-state index contributed by atoms with van der Waals surface area (Å²) in [7, 11) is 1.87. The fraction of sp³-hybridized carbons (Fsp3) is 0.455. The molecule has 0 saturated heterocycles. The largest absolute Gasteiger partial charge is 0.356 e. The number of aromatic nitrogens is 3. The van der Waals surface area contributed by atoms with Crippen molar-refractivity contribution >= 4 is 28.5 Å². The molecule has 18 heavy (non-hydrogen) atoms. The van der Waals surface area contributed by atoms with Crippen molar-refractivity contribution < 1.29 is 8.78 Å². The van der Waals surface area contributed by atoms with Gasteiger partial charge in [-0.05, 0) is 24.6 Å². The maximum Gasteiger partial charge on any atom is 0.278 e. The molecule has 2 aromatic heterocycles. The summed E-state index contributed by atoms with van der Waals surface area (Å²) in [5, 5.41) is 0.0804. The number of likely N-dealkylation sites (N-methyl/N-ethyl adjacent to an activating group) is 1. The van der Waals surface area contributed by atoms with E-state index in [0.29, 0.717) is 23.4 Å². The first-order valence-electron chi connectivity index (χ1n) is 5.56. The summed E-state index contributed by atoms with van der Waals surface area (Å²) >= 11 is 5.82. The first-order chi connectivity index (χ1) is 8.49. The third-order valence-electron chi connectivity index (χ3n) is 3.23. The van der Waals surface area contributed by atoms with Gasteiger partial charge in [0.05, 0.1) is 11.2 Å². The molecular weight excluding hydrogens is 262 g/mol. The highest BCUT2D eigenvalue weighted by Gasteiger charge is 2.29. The van der Waals surface area contributed by atoms with E-state index < -0.39 is 6.43 Å². The van der Waals surface area contributed by atoms with Gasteiger partial charge in [0.1, 0.15) is 5.52 Å². The Labute approximate surface area is 107 Å². The molecule has 0 bridgehead atoms. The SMILES string of the molecule is C[C@H]1CN(C)c2nc(Cl)nc3cc(C(F)F)n1c23. The van der Waals surface area contributed by atoms with Gasteiger partial charge in [-0.15, -0.1) is 0 Å². The van der Waals surface area contributed by atoms with E-state index in [9.17, 15) is 8.78 Å². The third-order valence-corrected chi connectivity index (χ3v) is 3.40. The smallest absolute Gasteiger partial charge is 0.278 e. The van der Waals surface area contributed by atoms with Gasteiger partial charge in [0.25, 0.3) is 6.43 Å². The van der Waals surface area contributed by atoms with Gasteiger partial charge >= 0.3 is 0 Å². The van der Waals surface area contributed by atoms with Gasteiger partial charge in [0, 0.05) is 19.6 Å². The van der Waals surface area contributed by atoms with Crippen LogP contribution in [0.4, 0.5) is 14.6 Å². The van der Waals surface area contributed by atoms with Crippen molar-refractivity contribution in [2.45, 2.75) is 19.4 Å². The Kier molecular flexibility index (Phi) is 2.45. The Balaban J connectivity index is 2.42. The first kappa shape index (κ1) is 11.6. The van der Waals surface area contributed by atoms with Crippen molar-refractivity contribution in [2.75, 3.05) is 18.5 Å². The van der Waals surface area contributed by atoms with E-state index >= 15 is 0 Å². The maximum absolute atomic E-state index is 13.1. The molecule has 1 aliphatic heterocycles. The normalized spacial score (nSPS) is 19.0. The number of anilines is 1. The third kappa shape index (κ3) is 1.48. The molecule has 2 aromatic rings. The average Bonchev–Trinajstić information content (AvgIpc) is 2.65. The van der Waals surface area contributed by atoms with Crippen molar-refractivity contribution in [3.8, 4) is 0 Å². The number of alkyl halides is 2. The van der Waals surface area contributed by atoms with Crippen LogP contribution in [0.25, 0.3) is 11.0 Å². The van der Waals surface area contributed by atoms with Crippen molar-refractivity contribution in [3.05, 3.63) is 17.0 Å². The van der Waals surface area contributed by atoms with E-state index in [-0.39, 0.29) is 17.0 Å². The minimum Gasteiger partial charge on any atom is -0.356 e. The molecule has 0 saturated carbocycles. The molecule has 0 N–H and O–H groups in total. The second-order valence-electron chi connectivity index (χ2n) is 4.52. The second-order valence-corrected chi connectivity index (χ2v) is 4.86. The molecule has 0 aliphatic carbocycles. The van der Waals surface area contributed by atoms with Crippen LogP contribution in [0.2, 0.25) is 5.28 Å². The lowest BCUT2D eigenvalue weighted by molar-refractivity contribution is 0.139. The van der Waals surface area contributed by atoms with Gasteiger partial charge in [-0.2, -0.15) is 4.98 Å². The minimum absolute atomic E-state index is 0.0246. The van der Waals surface area contributed by atoms with Gasteiger partial charge < -0.3 is 9.47 Å². The Hall–Kier alpha value is -1.43. The van der Waals surface area contributed by atoms with Crippen LogP contribution in [-0.2, 0) is 0 Å². The van der Waals surface area contributed by atoms with E-state index in [1.165, 1.54) is 6.07 Å². The van der Waals surface area contributed by atoms with Crippen molar-refractivity contribution in [1.82, 2.24) is 14.5 Å². The highest BCUT2D eigenvalue weighted by molar-refractivity contribution is 6.28. The van der Waals surface area contributed by atoms with E-state index in [0.717, 1.165) is 0 Å². The standard InChI is InChI=1S/C11H11ClF2N4/c1-5-4-17(2)10-8-6(15-11(12)16-10)3-7(9(13)14)18(5)8/h3,5,9H,4H2,1-2H3/t5-/m0/s1.